The third-order valence-corrected chi connectivity index (χ3v) is 3.48. The maximum Gasteiger partial charge on any atom is 0.310 e. The average molecular weight is 302 g/mol. The molecule has 112 valence electrons. The van der Waals surface area contributed by atoms with Gasteiger partial charge in [0, 0.05) is 18.4 Å². The highest BCUT2D eigenvalue weighted by Crippen LogP contribution is 2.37. The summed E-state index contributed by atoms with van der Waals surface area (Å²) in [7, 11) is 0. The highest BCUT2D eigenvalue weighted by molar-refractivity contribution is 5.94. The van der Waals surface area contributed by atoms with Crippen LogP contribution in [0.25, 0.3) is 0 Å². The van der Waals surface area contributed by atoms with Gasteiger partial charge in [0.1, 0.15) is 5.82 Å². The van der Waals surface area contributed by atoms with Crippen molar-refractivity contribution in [2.45, 2.75) is 12.3 Å². The number of aromatic hydroxyl groups is 1. The molecule has 0 radical (unpaired) electrons. The van der Waals surface area contributed by atoms with E-state index in [-0.39, 0.29) is 23.7 Å². The van der Waals surface area contributed by atoms with Crippen molar-refractivity contribution in [2.75, 3.05) is 5.32 Å². The summed E-state index contributed by atoms with van der Waals surface area (Å²) in [6, 6.07) is 3.78. The molecule has 1 aliphatic rings. The molecule has 0 bridgehead atoms. The molecule has 9 heteroatoms. The van der Waals surface area contributed by atoms with Crippen molar-refractivity contribution in [3.8, 4) is 5.75 Å². The van der Waals surface area contributed by atoms with Crippen LogP contribution in [0.15, 0.2) is 29.3 Å². The van der Waals surface area contributed by atoms with Crippen molar-refractivity contribution in [3.63, 3.8) is 0 Å². The Morgan fingerprint density at radius 3 is 2.86 bits per heavy atom. The van der Waals surface area contributed by atoms with Gasteiger partial charge in [-0.3, -0.25) is 19.7 Å². The molecule has 0 saturated heterocycles. The van der Waals surface area contributed by atoms with Crippen molar-refractivity contribution in [1.29, 1.82) is 0 Å². The van der Waals surface area contributed by atoms with Crippen LogP contribution in [0, 0.1) is 10.1 Å². The molecule has 9 nitrogen and oxygen atoms in total. The number of H-pyrrole nitrogens is 1. The maximum atomic E-state index is 12.0. The number of hydrogen-bond acceptors (Lipinski definition) is 6. The summed E-state index contributed by atoms with van der Waals surface area (Å²) in [5.74, 6) is -1.35. The minimum atomic E-state index is -0.726. The molecule has 0 spiro atoms. The van der Waals surface area contributed by atoms with Crippen LogP contribution in [0.2, 0.25) is 0 Å². The first-order chi connectivity index (χ1) is 10.5. The summed E-state index contributed by atoms with van der Waals surface area (Å²) >= 11 is 0. The maximum absolute atomic E-state index is 12.0. The van der Waals surface area contributed by atoms with E-state index in [9.17, 15) is 24.8 Å². The molecule has 2 aromatic rings. The molecule has 1 unspecified atom stereocenters. The number of amides is 1. The number of carbonyl (C=O) groups is 1. The number of nitrogens with one attached hydrogen (secondary N) is 2. The van der Waals surface area contributed by atoms with Gasteiger partial charge in [0.05, 0.1) is 16.8 Å². The lowest BCUT2D eigenvalue weighted by molar-refractivity contribution is -0.385. The van der Waals surface area contributed by atoms with E-state index < -0.39 is 27.8 Å². The molecule has 2 heterocycles. The largest absolute Gasteiger partial charge is 0.502 e. The van der Waals surface area contributed by atoms with Crippen molar-refractivity contribution in [2.24, 2.45) is 0 Å². The number of nitro groups is 1. The molecule has 22 heavy (non-hydrogen) atoms. The fraction of sp³-hybridized carbons (Fsp3) is 0.154. The molecular weight excluding hydrogens is 292 g/mol. The van der Waals surface area contributed by atoms with Crippen molar-refractivity contribution in [3.05, 3.63) is 56.1 Å². The lowest BCUT2D eigenvalue weighted by Crippen LogP contribution is -2.30. The first-order valence-electron chi connectivity index (χ1n) is 6.32. The predicted octanol–water partition coefficient (Wildman–Crippen LogP) is 0.858. The number of aromatic amines is 1. The van der Waals surface area contributed by atoms with E-state index in [1.165, 1.54) is 18.5 Å². The zero-order valence-electron chi connectivity index (χ0n) is 11.1. The second-order valence-corrected chi connectivity index (χ2v) is 4.80. The van der Waals surface area contributed by atoms with E-state index in [4.69, 9.17) is 0 Å². The lowest BCUT2D eigenvalue weighted by atomic mass is 9.86. The van der Waals surface area contributed by atoms with Gasteiger partial charge in [0.25, 0.3) is 5.56 Å². The number of benzene rings is 1. The summed E-state index contributed by atoms with van der Waals surface area (Å²) in [5.41, 5.74) is -0.280. The quantitative estimate of drug-likeness (QED) is 0.555. The van der Waals surface area contributed by atoms with Gasteiger partial charge < -0.3 is 15.4 Å². The first kappa shape index (κ1) is 13.7. The molecule has 1 atom stereocenters. The standard InChI is InChI=1S/C13H10N4O5/c18-9-2-1-6(3-8(9)17(21)22)7-4-10(19)16-12-11(7)13(20)15-5-14-12/h1-3,5,7,18H,4H2,(H2,14,15,16,19,20). The SMILES string of the molecule is O=C1CC(c2ccc(O)c([N+](=O)[O-])c2)c2c(nc[nH]c2=O)N1. The summed E-state index contributed by atoms with van der Waals surface area (Å²) in [6.45, 7) is 0. The summed E-state index contributed by atoms with van der Waals surface area (Å²) < 4.78 is 0. The second-order valence-electron chi connectivity index (χ2n) is 4.80. The Balaban J connectivity index is 2.18. The first-order valence-corrected chi connectivity index (χ1v) is 6.32. The van der Waals surface area contributed by atoms with Crippen molar-refractivity contribution < 1.29 is 14.8 Å². The Labute approximate surface area is 122 Å². The molecular formula is C13H10N4O5. The number of anilines is 1. The fourth-order valence-corrected chi connectivity index (χ4v) is 2.49. The minimum absolute atomic E-state index is 0.0380. The smallest absolute Gasteiger partial charge is 0.310 e. The van der Waals surface area contributed by atoms with Gasteiger partial charge in [-0.1, -0.05) is 6.07 Å². The topological polar surface area (TPSA) is 138 Å². The van der Waals surface area contributed by atoms with E-state index >= 15 is 0 Å². The Morgan fingerprint density at radius 1 is 1.36 bits per heavy atom. The minimum Gasteiger partial charge on any atom is -0.502 e. The van der Waals surface area contributed by atoms with Crippen LogP contribution in [-0.4, -0.2) is 25.9 Å². The van der Waals surface area contributed by atoms with Crippen LogP contribution in [0.3, 0.4) is 0 Å². The zero-order valence-corrected chi connectivity index (χ0v) is 11.1. The number of phenols is 1. The molecule has 1 amide bonds. The van der Waals surface area contributed by atoms with Crippen LogP contribution < -0.4 is 10.9 Å². The predicted molar refractivity (Wildman–Crippen MR) is 74.7 cm³/mol. The second kappa shape index (κ2) is 4.95. The van der Waals surface area contributed by atoms with Gasteiger partial charge in [-0.05, 0) is 11.6 Å². The van der Waals surface area contributed by atoms with Crippen LogP contribution in [0.4, 0.5) is 11.5 Å². The number of aromatic nitrogens is 2. The number of hydrogen-bond donors (Lipinski definition) is 3. The molecule has 3 N–H and O–H groups in total. The number of fused-ring (bicyclic) bond motifs is 1. The van der Waals surface area contributed by atoms with E-state index in [0.717, 1.165) is 6.07 Å². The molecule has 0 fully saturated rings. The van der Waals surface area contributed by atoms with E-state index in [1.54, 1.807) is 0 Å². The van der Waals surface area contributed by atoms with Gasteiger partial charge in [-0.15, -0.1) is 0 Å². The fourth-order valence-electron chi connectivity index (χ4n) is 2.49. The molecule has 1 aromatic carbocycles. The van der Waals surface area contributed by atoms with Crippen LogP contribution in [0.1, 0.15) is 23.5 Å². The van der Waals surface area contributed by atoms with Crippen LogP contribution in [0.5, 0.6) is 5.75 Å². The van der Waals surface area contributed by atoms with Crippen molar-refractivity contribution in [1.82, 2.24) is 9.97 Å². The number of nitro benzene ring substituents is 1. The van der Waals surface area contributed by atoms with Gasteiger partial charge in [0.2, 0.25) is 5.91 Å². The third-order valence-electron chi connectivity index (χ3n) is 3.48. The van der Waals surface area contributed by atoms with E-state index in [0.29, 0.717) is 5.56 Å². The van der Waals surface area contributed by atoms with Gasteiger partial charge in [-0.2, -0.15) is 0 Å². The monoisotopic (exact) mass is 302 g/mol. The normalized spacial score (nSPS) is 16.7. The number of carbonyl (C=O) groups excluding carboxylic acids is 1. The lowest BCUT2D eigenvalue weighted by Gasteiger charge is -2.23. The summed E-state index contributed by atoms with van der Waals surface area (Å²) in [6.07, 6.45) is 1.13. The molecule has 1 aromatic heterocycles. The summed E-state index contributed by atoms with van der Waals surface area (Å²) in [5, 5.41) is 22.9. The highest BCUT2D eigenvalue weighted by Gasteiger charge is 2.31. The Hall–Kier alpha value is -3.23. The molecule has 0 saturated carbocycles. The Kier molecular flexibility index (Phi) is 3.09. The highest BCUT2D eigenvalue weighted by atomic mass is 16.6. The average Bonchev–Trinajstić information content (AvgIpc) is 2.46. The van der Waals surface area contributed by atoms with Crippen molar-refractivity contribution >= 4 is 17.4 Å². The number of phenolic OH excluding ortho intramolecular Hbond substituents is 1. The number of rotatable bonds is 2. The Bertz CT molecular complexity index is 845. The van der Waals surface area contributed by atoms with E-state index in [1.807, 2.05) is 0 Å². The van der Waals surface area contributed by atoms with Gasteiger partial charge in [0.15, 0.2) is 5.75 Å². The third kappa shape index (κ3) is 2.18. The van der Waals surface area contributed by atoms with E-state index in [2.05, 4.69) is 15.3 Å². The van der Waals surface area contributed by atoms with Gasteiger partial charge >= 0.3 is 5.69 Å². The van der Waals surface area contributed by atoms with Gasteiger partial charge in [-0.25, -0.2) is 4.98 Å². The summed E-state index contributed by atoms with van der Waals surface area (Å²) in [4.78, 5) is 40.3. The van der Waals surface area contributed by atoms with Crippen LogP contribution in [-0.2, 0) is 4.79 Å². The molecule has 0 aliphatic carbocycles. The molecule has 1 aliphatic heterocycles. The zero-order chi connectivity index (χ0) is 15.9. The number of nitrogens with zero attached hydrogens (tertiary/aromatic N) is 2. The Morgan fingerprint density at radius 2 is 2.14 bits per heavy atom. The van der Waals surface area contributed by atoms with Crippen LogP contribution >= 0.6 is 0 Å². The molecule has 3 rings (SSSR count).